The molecule has 0 aromatic carbocycles. The summed E-state index contributed by atoms with van der Waals surface area (Å²) in [6.45, 7) is 4.69. The van der Waals surface area contributed by atoms with E-state index in [4.69, 9.17) is 0 Å². The van der Waals surface area contributed by atoms with Crippen molar-refractivity contribution in [2.45, 2.75) is 25.8 Å². The van der Waals surface area contributed by atoms with E-state index < -0.39 is 10.5 Å². The molecule has 0 unspecified atom stereocenters. The van der Waals surface area contributed by atoms with Crippen LogP contribution in [-0.4, -0.2) is 40.7 Å². The molecular formula is C11H19N5O3. The Kier molecular flexibility index (Phi) is 4.99. The number of nitro groups is 1. The van der Waals surface area contributed by atoms with Crippen molar-refractivity contribution in [3.05, 3.63) is 22.5 Å². The van der Waals surface area contributed by atoms with Gasteiger partial charge in [-0.25, -0.2) is 0 Å². The number of hydrogen-bond donors (Lipinski definition) is 2. The minimum atomic E-state index is -0.964. The standard InChI is InChI=1S/C11H19N5O3/c1-11(2,10(17)13-6-4-5-12-3)15-8-9(7-14-15)16(18)19/h7-8,12H,4-6H2,1-3H3,(H,13,17). The molecule has 1 rings (SSSR count). The van der Waals surface area contributed by atoms with Crippen molar-refractivity contribution in [1.82, 2.24) is 20.4 Å². The van der Waals surface area contributed by atoms with Crippen LogP contribution in [0.2, 0.25) is 0 Å². The third-order valence-corrected chi connectivity index (χ3v) is 2.80. The van der Waals surface area contributed by atoms with Crippen molar-refractivity contribution in [2.75, 3.05) is 20.1 Å². The molecule has 0 aliphatic carbocycles. The predicted molar refractivity (Wildman–Crippen MR) is 69.8 cm³/mol. The van der Waals surface area contributed by atoms with Crippen LogP contribution in [0, 0.1) is 10.1 Å². The van der Waals surface area contributed by atoms with E-state index in [0.29, 0.717) is 6.54 Å². The van der Waals surface area contributed by atoms with Crippen LogP contribution in [-0.2, 0) is 10.3 Å². The van der Waals surface area contributed by atoms with Crippen LogP contribution in [0.3, 0.4) is 0 Å². The molecule has 19 heavy (non-hydrogen) atoms. The van der Waals surface area contributed by atoms with Crippen LogP contribution in [0.1, 0.15) is 20.3 Å². The Morgan fingerprint density at radius 3 is 2.74 bits per heavy atom. The van der Waals surface area contributed by atoms with Crippen molar-refractivity contribution in [2.24, 2.45) is 0 Å². The first-order valence-corrected chi connectivity index (χ1v) is 6.02. The van der Waals surface area contributed by atoms with Gasteiger partial charge in [0.25, 0.3) is 0 Å². The van der Waals surface area contributed by atoms with Gasteiger partial charge >= 0.3 is 5.69 Å². The fourth-order valence-electron chi connectivity index (χ4n) is 1.50. The Bertz CT molecular complexity index is 455. The molecule has 8 nitrogen and oxygen atoms in total. The van der Waals surface area contributed by atoms with Crippen molar-refractivity contribution >= 4 is 11.6 Å². The highest BCUT2D eigenvalue weighted by molar-refractivity contribution is 5.83. The Morgan fingerprint density at radius 1 is 1.53 bits per heavy atom. The van der Waals surface area contributed by atoms with Gasteiger partial charge in [-0.05, 0) is 33.9 Å². The van der Waals surface area contributed by atoms with E-state index in [1.807, 2.05) is 7.05 Å². The minimum absolute atomic E-state index is 0.129. The molecule has 0 fully saturated rings. The average Bonchev–Trinajstić information content (AvgIpc) is 2.84. The Labute approximate surface area is 111 Å². The number of rotatable bonds is 7. The second-order valence-electron chi connectivity index (χ2n) is 4.67. The maximum absolute atomic E-state index is 12.0. The Morgan fingerprint density at radius 2 is 2.21 bits per heavy atom. The van der Waals surface area contributed by atoms with Gasteiger partial charge in [-0.3, -0.25) is 19.6 Å². The third kappa shape index (κ3) is 3.75. The second-order valence-corrected chi connectivity index (χ2v) is 4.67. The second kappa shape index (κ2) is 6.28. The lowest BCUT2D eigenvalue weighted by Gasteiger charge is -2.23. The SMILES string of the molecule is CNCCCNC(=O)C(C)(C)n1cc([N+](=O)[O-])cn1. The van der Waals surface area contributed by atoms with E-state index in [2.05, 4.69) is 15.7 Å². The highest BCUT2D eigenvalue weighted by Crippen LogP contribution is 2.18. The summed E-state index contributed by atoms with van der Waals surface area (Å²) in [5.41, 5.74) is -1.09. The molecule has 8 heteroatoms. The fourth-order valence-corrected chi connectivity index (χ4v) is 1.50. The summed E-state index contributed by atoms with van der Waals surface area (Å²) >= 11 is 0. The number of amides is 1. The summed E-state index contributed by atoms with van der Waals surface area (Å²) in [5, 5.41) is 20.2. The van der Waals surface area contributed by atoms with Crippen LogP contribution in [0.4, 0.5) is 5.69 Å². The molecule has 1 aromatic heterocycles. The summed E-state index contributed by atoms with van der Waals surface area (Å²) in [7, 11) is 1.84. The Hall–Kier alpha value is -1.96. The predicted octanol–water partition coefficient (Wildman–Crippen LogP) is 0.252. The summed E-state index contributed by atoms with van der Waals surface area (Å²) in [4.78, 5) is 22.1. The van der Waals surface area contributed by atoms with E-state index in [0.717, 1.165) is 19.2 Å². The number of hydrogen-bond acceptors (Lipinski definition) is 5. The minimum Gasteiger partial charge on any atom is -0.354 e. The maximum Gasteiger partial charge on any atom is 0.307 e. The summed E-state index contributed by atoms with van der Waals surface area (Å²) in [6, 6.07) is 0. The third-order valence-electron chi connectivity index (χ3n) is 2.80. The van der Waals surface area contributed by atoms with Crippen molar-refractivity contribution in [1.29, 1.82) is 0 Å². The largest absolute Gasteiger partial charge is 0.354 e. The smallest absolute Gasteiger partial charge is 0.307 e. The van der Waals surface area contributed by atoms with Crippen molar-refractivity contribution in [3.8, 4) is 0 Å². The van der Waals surface area contributed by atoms with Gasteiger partial charge in [-0.1, -0.05) is 0 Å². The van der Waals surface area contributed by atoms with E-state index >= 15 is 0 Å². The van der Waals surface area contributed by atoms with E-state index in [1.165, 1.54) is 10.9 Å². The zero-order valence-electron chi connectivity index (χ0n) is 11.3. The molecule has 1 aromatic rings. The van der Waals surface area contributed by atoms with Crippen LogP contribution < -0.4 is 10.6 Å². The normalized spacial score (nSPS) is 11.3. The summed E-state index contributed by atoms with van der Waals surface area (Å²) in [5.74, 6) is -0.221. The number of carbonyl (C=O) groups excluding carboxylic acids is 1. The molecule has 1 amide bonds. The first-order valence-electron chi connectivity index (χ1n) is 6.02. The fraction of sp³-hybridized carbons (Fsp3) is 0.636. The first kappa shape index (κ1) is 15.1. The van der Waals surface area contributed by atoms with E-state index in [-0.39, 0.29) is 11.6 Å². The molecule has 0 aliphatic rings. The van der Waals surface area contributed by atoms with Crippen LogP contribution in [0.15, 0.2) is 12.4 Å². The number of carbonyl (C=O) groups is 1. The van der Waals surface area contributed by atoms with Gasteiger partial charge in [-0.2, -0.15) is 5.10 Å². The molecule has 106 valence electrons. The number of aromatic nitrogens is 2. The lowest BCUT2D eigenvalue weighted by Crippen LogP contribution is -2.45. The number of nitrogens with zero attached hydrogens (tertiary/aromatic N) is 3. The van der Waals surface area contributed by atoms with Gasteiger partial charge in [0.1, 0.15) is 17.9 Å². The molecule has 0 saturated heterocycles. The quantitative estimate of drug-likeness (QED) is 0.420. The summed E-state index contributed by atoms with van der Waals surface area (Å²) in [6.07, 6.45) is 3.21. The zero-order valence-corrected chi connectivity index (χ0v) is 11.3. The van der Waals surface area contributed by atoms with E-state index in [9.17, 15) is 14.9 Å². The highest BCUT2D eigenvalue weighted by Gasteiger charge is 2.31. The zero-order chi connectivity index (χ0) is 14.5. The molecule has 0 spiro atoms. The first-order chi connectivity index (χ1) is 8.89. The van der Waals surface area contributed by atoms with Crippen LogP contribution in [0.5, 0.6) is 0 Å². The molecule has 0 saturated carbocycles. The van der Waals surface area contributed by atoms with E-state index in [1.54, 1.807) is 13.8 Å². The van der Waals surface area contributed by atoms with Gasteiger partial charge < -0.3 is 10.6 Å². The van der Waals surface area contributed by atoms with Crippen LogP contribution >= 0.6 is 0 Å². The van der Waals surface area contributed by atoms with Gasteiger partial charge in [0.2, 0.25) is 5.91 Å². The lowest BCUT2D eigenvalue weighted by molar-refractivity contribution is -0.385. The van der Waals surface area contributed by atoms with Crippen molar-refractivity contribution in [3.63, 3.8) is 0 Å². The van der Waals surface area contributed by atoms with Crippen molar-refractivity contribution < 1.29 is 9.72 Å². The van der Waals surface area contributed by atoms with Crippen LogP contribution in [0.25, 0.3) is 0 Å². The molecule has 0 radical (unpaired) electrons. The molecule has 2 N–H and O–H groups in total. The molecular weight excluding hydrogens is 250 g/mol. The highest BCUT2D eigenvalue weighted by atomic mass is 16.6. The molecule has 0 bridgehead atoms. The topological polar surface area (TPSA) is 102 Å². The monoisotopic (exact) mass is 269 g/mol. The molecule has 0 atom stereocenters. The van der Waals surface area contributed by atoms with Gasteiger partial charge in [0.15, 0.2) is 0 Å². The molecule has 1 heterocycles. The van der Waals surface area contributed by atoms with Gasteiger partial charge in [-0.15, -0.1) is 0 Å². The average molecular weight is 269 g/mol. The lowest BCUT2D eigenvalue weighted by atomic mass is 10.1. The Balaban J connectivity index is 2.67. The maximum atomic E-state index is 12.0. The number of nitrogens with one attached hydrogen (secondary N) is 2. The van der Waals surface area contributed by atoms with Gasteiger partial charge in [0.05, 0.1) is 4.92 Å². The summed E-state index contributed by atoms with van der Waals surface area (Å²) < 4.78 is 1.30. The molecule has 0 aliphatic heterocycles. The van der Waals surface area contributed by atoms with Gasteiger partial charge in [0, 0.05) is 6.54 Å².